The Labute approximate surface area is 149 Å². The number of carbonyl (C=O) groups excluding carboxylic acids is 2. The summed E-state index contributed by atoms with van der Waals surface area (Å²) in [5.41, 5.74) is 4.77. The Hall–Kier alpha value is -1.83. The van der Waals surface area contributed by atoms with Crippen molar-refractivity contribution in [3.8, 4) is 0 Å². The van der Waals surface area contributed by atoms with Gasteiger partial charge in [0.1, 0.15) is 17.7 Å². The quantitative estimate of drug-likeness (QED) is 0.438. The highest BCUT2D eigenvalue weighted by Gasteiger charge is 2.30. The fourth-order valence-electron chi connectivity index (χ4n) is 2.15. The maximum atomic E-state index is 12.5. The second-order valence-electron chi connectivity index (χ2n) is 7.19. The molecule has 2 amide bonds. The number of hydrogen-bond donors (Lipinski definition) is 4. The highest BCUT2D eigenvalue weighted by atomic mass is 16.6. The molecule has 0 bridgehead atoms. The second kappa shape index (κ2) is 10.9. The number of unbranched alkanes of at least 4 members (excludes halogenated alkanes) is 1. The summed E-state index contributed by atoms with van der Waals surface area (Å²) < 4.78 is 5.17. The van der Waals surface area contributed by atoms with E-state index in [1.54, 1.807) is 27.7 Å². The van der Waals surface area contributed by atoms with E-state index in [1.165, 1.54) is 0 Å². The lowest BCUT2D eigenvalue weighted by molar-refractivity contribution is -0.143. The molecule has 0 radical (unpaired) electrons. The first kappa shape index (κ1) is 23.2. The van der Waals surface area contributed by atoms with Crippen LogP contribution in [0.25, 0.3) is 0 Å². The van der Waals surface area contributed by atoms with Crippen molar-refractivity contribution in [1.29, 1.82) is 0 Å². The summed E-state index contributed by atoms with van der Waals surface area (Å²) in [5.74, 6) is -1.86. The van der Waals surface area contributed by atoms with Gasteiger partial charge in [0.2, 0.25) is 5.91 Å². The number of rotatable bonds is 10. The van der Waals surface area contributed by atoms with Crippen LogP contribution in [0.3, 0.4) is 0 Å². The number of ether oxygens (including phenoxy) is 1. The monoisotopic (exact) mass is 359 g/mol. The molecular formula is C17H33N3O5. The molecule has 0 aromatic heterocycles. The number of nitrogens with two attached hydrogens (primary N) is 1. The number of carboxylic acids is 1. The van der Waals surface area contributed by atoms with E-state index in [2.05, 4.69) is 10.6 Å². The number of aliphatic carboxylic acids is 1. The van der Waals surface area contributed by atoms with Crippen LogP contribution in [0.2, 0.25) is 0 Å². The summed E-state index contributed by atoms with van der Waals surface area (Å²) >= 11 is 0. The molecule has 8 nitrogen and oxygen atoms in total. The Balaban J connectivity index is 5.01. The van der Waals surface area contributed by atoms with Gasteiger partial charge in [0.05, 0.1) is 0 Å². The topological polar surface area (TPSA) is 131 Å². The predicted octanol–water partition coefficient (Wildman–Crippen LogP) is 1.62. The summed E-state index contributed by atoms with van der Waals surface area (Å²) in [6.45, 7) is 9.25. The van der Waals surface area contributed by atoms with Crippen molar-refractivity contribution in [2.45, 2.75) is 78.0 Å². The third kappa shape index (κ3) is 9.91. The van der Waals surface area contributed by atoms with Gasteiger partial charge in [0, 0.05) is 0 Å². The van der Waals surface area contributed by atoms with Crippen molar-refractivity contribution in [2.24, 2.45) is 11.7 Å². The Morgan fingerprint density at radius 2 is 1.76 bits per heavy atom. The summed E-state index contributed by atoms with van der Waals surface area (Å²) in [6.07, 6.45) is 1.58. The fraction of sp³-hybridized carbons (Fsp3) is 0.824. The third-order valence-corrected chi connectivity index (χ3v) is 3.73. The number of carboxylic acid groups (broad SMARTS) is 1. The molecule has 25 heavy (non-hydrogen) atoms. The van der Waals surface area contributed by atoms with Gasteiger partial charge in [0.25, 0.3) is 0 Å². The molecule has 0 saturated heterocycles. The largest absolute Gasteiger partial charge is 0.480 e. The molecule has 0 rings (SSSR count). The molecule has 0 aromatic carbocycles. The van der Waals surface area contributed by atoms with Crippen LogP contribution in [0.4, 0.5) is 4.79 Å². The molecule has 0 unspecified atom stereocenters. The van der Waals surface area contributed by atoms with Crippen LogP contribution >= 0.6 is 0 Å². The van der Waals surface area contributed by atoms with E-state index in [9.17, 15) is 19.5 Å². The number of carbonyl (C=O) groups is 3. The predicted molar refractivity (Wildman–Crippen MR) is 95.1 cm³/mol. The Morgan fingerprint density at radius 1 is 1.16 bits per heavy atom. The van der Waals surface area contributed by atoms with Crippen LogP contribution in [0.5, 0.6) is 0 Å². The average Bonchev–Trinajstić information content (AvgIpc) is 2.48. The number of alkyl carbamates (subject to hydrolysis) is 1. The smallest absolute Gasteiger partial charge is 0.408 e. The summed E-state index contributed by atoms with van der Waals surface area (Å²) in [7, 11) is 0. The van der Waals surface area contributed by atoms with Crippen molar-refractivity contribution < 1.29 is 24.2 Å². The summed E-state index contributed by atoms with van der Waals surface area (Å²) in [5, 5.41) is 14.4. The van der Waals surface area contributed by atoms with Crippen LogP contribution < -0.4 is 16.4 Å². The molecular weight excluding hydrogens is 326 g/mol. The normalized spacial score (nSPS) is 15.0. The van der Waals surface area contributed by atoms with Crippen molar-refractivity contribution >= 4 is 18.0 Å². The highest BCUT2D eigenvalue weighted by molar-refractivity contribution is 5.89. The van der Waals surface area contributed by atoms with Gasteiger partial charge in [-0.1, -0.05) is 20.3 Å². The highest BCUT2D eigenvalue weighted by Crippen LogP contribution is 2.11. The lowest BCUT2D eigenvalue weighted by Gasteiger charge is -2.26. The molecule has 0 aliphatic heterocycles. The van der Waals surface area contributed by atoms with E-state index in [1.807, 2.05) is 6.92 Å². The van der Waals surface area contributed by atoms with Gasteiger partial charge in [-0.25, -0.2) is 9.59 Å². The molecule has 8 heteroatoms. The van der Waals surface area contributed by atoms with E-state index in [0.29, 0.717) is 32.2 Å². The van der Waals surface area contributed by atoms with E-state index in [4.69, 9.17) is 10.5 Å². The SMILES string of the molecule is CC[C@H](C)[C@H](NC(=O)[C@H](CCCCN)NC(=O)OC(C)(C)C)C(=O)O. The molecule has 0 aromatic rings. The van der Waals surface area contributed by atoms with Crippen molar-refractivity contribution in [2.75, 3.05) is 6.54 Å². The van der Waals surface area contributed by atoms with Crippen LogP contribution in [0, 0.1) is 5.92 Å². The standard InChI is InChI=1S/C17H33N3O5/c1-6-11(2)13(15(22)23)20-14(21)12(9-7-8-10-18)19-16(24)25-17(3,4)5/h11-13H,6-10,18H2,1-5H3,(H,19,24)(H,20,21)(H,22,23)/t11-,12-,13-/m0/s1. The minimum absolute atomic E-state index is 0.229. The molecule has 5 N–H and O–H groups in total. The Kier molecular flexibility index (Phi) is 10.1. The molecule has 146 valence electrons. The zero-order valence-electron chi connectivity index (χ0n) is 15.9. The van der Waals surface area contributed by atoms with Crippen molar-refractivity contribution in [1.82, 2.24) is 10.6 Å². The number of amides is 2. The van der Waals surface area contributed by atoms with Crippen LogP contribution in [-0.2, 0) is 14.3 Å². The third-order valence-electron chi connectivity index (χ3n) is 3.73. The molecule has 3 atom stereocenters. The van der Waals surface area contributed by atoms with Gasteiger partial charge < -0.3 is 26.2 Å². The second-order valence-corrected chi connectivity index (χ2v) is 7.19. The first-order valence-electron chi connectivity index (χ1n) is 8.74. The van der Waals surface area contributed by atoms with E-state index in [0.717, 1.165) is 0 Å². The van der Waals surface area contributed by atoms with Crippen molar-refractivity contribution in [3.05, 3.63) is 0 Å². The minimum atomic E-state index is -1.10. The fourth-order valence-corrected chi connectivity index (χ4v) is 2.15. The number of hydrogen-bond acceptors (Lipinski definition) is 5. The maximum Gasteiger partial charge on any atom is 0.408 e. The maximum absolute atomic E-state index is 12.5. The Bertz CT molecular complexity index is 448. The zero-order chi connectivity index (χ0) is 19.6. The lowest BCUT2D eigenvalue weighted by Crippen LogP contribution is -2.54. The zero-order valence-corrected chi connectivity index (χ0v) is 15.9. The average molecular weight is 359 g/mol. The first-order valence-corrected chi connectivity index (χ1v) is 8.74. The van der Waals surface area contributed by atoms with Gasteiger partial charge in [-0.2, -0.15) is 0 Å². The van der Waals surface area contributed by atoms with Gasteiger partial charge in [-0.3, -0.25) is 4.79 Å². The van der Waals surface area contributed by atoms with Crippen LogP contribution in [0.15, 0.2) is 0 Å². The minimum Gasteiger partial charge on any atom is -0.480 e. The number of nitrogens with one attached hydrogen (secondary N) is 2. The molecule has 0 aliphatic rings. The van der Waals surface area contributed by atoms with E-state index in [-0.39, 0.29) is 5.92 Å². The first-order chi connectivity index (χ1) is 11.5. The van der Waals surface area contributed by atoms with Gasteiger partial charge in [-0.05, 0) is 52.5 Å². The molecule has 0 saturated carbocycles. The van der Waals surface area contributed by atoms with Gasteiger partial charge in [0.15, 0.2) is 0 Å². The molecule has 0 aliphatic carbocycles. The van der Waals surface area contributed by atoms with Gasteiger partial charge >= 0.3 is 12.1 Å². The van der Waals surface area contributed by atoms with E-state index < -0.39 is 35.7 Å². The van der Waals surface area contributed by atoms with Gasteiger partial charge in [-0.15, -0.1) is 0 Å². The molecule has 0 heterocycles. The summed E-state index contributed by atoms with van der Waals surface area (Å²) in [4.78, 5) is 35.8. The molecule has 0 fully saturated rings. The lowest BCUT2D eigenvalue weighted by atomic mass is 9.98. The van der Waals surface area contributed by atoms with Crippen molar-refractivity contribution in [3.63, 3.8) is 0 Å². The summed E-state index contributed by atoms with van der Waals surface area (Å²) in [6, 6.07) is -1.87. The molecule has 0 spiro atoms. The Morgan fingerprint density at radius 3 is 2.20 bits per heavy atom. The van der Waals surface area contributed by atoms with E-state index >= 15 is 0 Å². The van der Waals surface area contributed by atoms with Crippen LogP contribution in [0.1, 0.15) is 60.3 Å². The van der Waals surface area contributed by atoms with Crippen LogP contribution in [-0.4, -0.2) is 47.3 Å².